The van der Waals surface area contributed by atoms with E-state index in [4.69, 9.17) is 0 Å². The van der Waals surface area contributed by atoms with Crippen LogP contribution in [0.5, 0.6) is 0 Å². The van der Waals surface area contributed by atoms with E-state index in [0.29, 0.717) is 30.3 Å². The first-order chi connectivity index (χ1) is 12.3. The molecule has 8 heteroatoms. The number of nitro groups is 1. The lowest BCUT2D eigenvalue weighted by atomic mass is 10.1. The van der Waals surface area contributed by atoms with Crippen LogP contribution in [0.4, 0.5) is 11.4 Å². The van der Waals surface area contributed by atoms with Crippen molar-refractivity contribution in [2.24, 2.45) is 7.05 Å². The zero-order valence-corrected chi connectivity index (χ0v) is 15.6. The summed E-state index contributed by atoms with van der Waals surface area (Å²) in [6, 6.07) is 4.72. The summed E-state index contributed by atoms with van der Waals surface area (Å²) >= 11 is 0. The third-order valence-corrected chi connectivity index (χ3v) is 4.20. The number of amides is 1. The normalized spacial score (nSPS) is 11.2. The number of nitrogens with one attached hydrogen (secondary N) is 1. The molecule has 0 aliphatic heterocycles. The minimum atomic E-state index is -0.447. The van der Waals surface area contributed by atoms with Gasteiger partial charge in [0.25, 0.3) is 5.69 Å². The monoisotopic (exact) mass is 359 g/mol. The van der Waals surface area contributed by atoms with Gasteiger partial charge in [-0.25, -0.2) is 0 Å². The Morgan fingerprint density at radius 3 is 2.69 bits per heavy atom. The molecule has 0 aliphatic rings. The number of hydrogen-bond donors (Lipinski definition) is 1. The lowest BCUT2D eigenvalue weighted by Crippen LogP contribution is -2.33. The lowest BCUT2D eigenvalue weighted by Gasteiger charge is -2.25. The maximum Gasteiger partial charge on any atom is 0.269 e. The van der Waals surface area contributed by atoms with Gasteiger partial charge < -0.3 is 5.32 Å². The predicted molar refractivity (Wildman–Crippen MR) is 99.8 cm³/mol. The van der Waals surface area contributed by atoms with E-state index in [1.165, 1.54) is 12.1 Å². The maximum atomic E-state index is 12.3. The third-order valence-electron chi connectivity index (χ3n) is 4.20. The summed E-state index contributed by atoms with van der Waals surface area (Å²) in [5.41, 5.74) is 2.39. The molecule has 1 aromatic carbocycles. The number of aryl methyl sites for hydroxylation is 2. The lowest BCUT2D eigenvalue weighted by molar-refractivity contribution is -0.384. The van der Waals surface area contributed by atoms with E-state index in [-0.39, 0.29) is 11.6 Å². The van der Waals surface area contributed by atoms with Crippen molar-refractivity contribution in [1.29, 1.82) is 0 Å². The van der Waals surface area contributed by atoms with E-state index in [2.05, 4.69) is 29.2 Å². The summed E-state index contributed by atoms with van der Waals surface area (Å²) < 4.78 is 1.76. The molecule has 140 valence electrons. The second-order valence-electron chi connectivity index (χ2n) is 6.64. The number of nitro benzene ring substituents is 1. The quantitative estimate of drug-likeness (QED) is 0.578. The fourth-order valence-corrected chi connectivity index (χ4v) is 2.67. The van der Waals surface area contributed by atoms with Gasteiger partial charge in [0.05, 0.1) is 11.1 Å². The largest absolute Gasteiger partial charge is 0.326 e. The molecule has 1 aromatic heterocycles. The Balaban J connectivity index is 1.92. The molecule has 1 amide bonds. The molecule has 0 spiro atoms. The molecule has 0 saturated heterocycles. The average molecular weight is 359 g/mol. The molecule has 1 heterocycles. The van der Waals surface area contributed by atoms with Crippen LogP contribution >= 0.6 is 0 Å². The second-order valence-corrected chi connectivity index (χ2v) is 6.64. The van der Waals surface area contributed by atoms with Crippen LogP contribution in [0.15, 0.2) is 30.6 Å². The van der Waals surface area contributed by atoms with Crippen molar-refractivity contribution in [3.05, 3.63) is 51.8 Å². The van der Waals surface area contributed by atoms with Crippen LogP contribution in [0.1, 0.15) is 31.4 Å². The number of benzene rings is 1. The van der Waals surface area contributed by atoms with Crippen LogP contribution in [0.25, 0.3) is 0 Å². The number of non-ortho nitro benzene ring substituents is 1. The highest BCUT2D eigenvalue weighted by Crippen LogP contribution is 2.21. The van der Waals surface area contributed by atoms with Gasteiger partial charge >= 0.3 is 0 Å². The number of carbonyl (C=O) groups is 1. The molecule has 2 aromatic rings. The van der Waals surface area contributed by atoms with Crippen molar-refractivity contribution < 1.29 is 9.72 Å². The molecule has 0 atom stereocenters. The van der Waals surface area contributed by atoms with Gasteiger partial charge in [-0.05, 0) is 32.4 Å². The maximum absolute atomic E-state index is 12.3. The predicted octanol–water partition coefficient (Wildman–Crippen LogP) is 2.88. The van der Waals surface area contributed by atoms with Gasteiger partial charge in [-0.3, -0.25) is 24.5 Å². The number of rotatable bonds is 8. The molecule has 0 unspecified atom stereocenters. The zero-order chi connectivity index (χ0) is 19.3. The van der Waals surface area contributed by atoms with Gasteiger partial charge in [0.1, 0.15) is 0 Å². The van der Waals surface area contributed by atoms with Crippen LogP contribution in [0, 0.1) is 17.0 Å². The van der Waals surface area contributed by atoms with Crippen LogP contribution < -0.4 is 5.32 Å². The van der Waals surface area contributed by atoms with Crippen molar-refractivity contribution >= 4 is 17.3 Å². The van der Waals surface area contributed by atoms with Crippen molar-refractivity contribution in [2.45, 2.75) is 39.8 Å². The summed E-state index contributed by atoms with van der Waals surface area (Å²) in [4.78, 5) is 24.8. The first kappa shape index (κ1) is 19.6. The fourth-order valence-electron chi connectivity index (χ4n) is 2.67. The van der Waals surface area contributed by atoms with Crippen LogP contribution in [0.2, 0.25) is 0 Å². The average Bonchev–Trinajstić information content (AvgIpc) is 2.98. The molecule has 1 N–H and O–H groups in total. The Hall–Kier alpha value is -2.74. The number of carbonyl (C=O) groups excluding carboxylic acids is 1. The molecule has 0 aliphatic carbocycles. The zero-order valence-electron chi connectivity index (χ0n) is 15.6. The number of aromatic nitrogens is 2. The van der Waals surface area contributed by atoms with Gasteiger partial charge in [-0.15, -0.1) is 0 Å². The smallest absolute Gasteiger partial charge is 0.269 e. The molecular formula is C18H25N5O3. The fraction of sp³-hybridized carbons (Fsp3) is 0.444. The summed E-state index contributed by atoms with van der Waals surface area (Å²) in [6.07, 6.45) is 4.14. The Bertz CT molecular complexity index is 785. The first-order valence-electron chi connectivity index (χ1n) is 8.52. The van der Waals surface area contributed by atoms with E-state index in [0.717, 1.165) is 12.1 Å². The van der Waals surface area contributed by atoms with Crippen LogP contribution in [0.3, 0.4) is 0 Å². The third kappa shape index (κ3) is 5.38. The summed E-state index contributed by atoms with van der Waals surface area (Å²) in [7, 11) is 1.88. The number of nitrogens with zero attached hydrogens (tertiary/aromatic N) is 4. The Labute approximate surface area is 153 Å². The summed E-state index contributed by atoms with van der Waals surface area (Å²) in [5.74, 6) is -0.112. The molecule has 0 fully saturated rings. The highest BCUT2D eigenvalue weighted by Gasteiger charge is 2.15. The minimum Gasteiger partial charge on any atom is -0.326 e. The van der Waals surface area contributed by atoms with Crippen molar-refractivity contribution in [3.63, 3.8) is 0 Å². The molecular weight excluding hydrogens is 334 g/mol. The van der Waals surface area contributed by atoms with Gasteiger partial charge in [0.15, 0.2) is 0 Å². The van der Waals surface area contributed by atoms with Crippen molar-refractivity contribution in [2.75, 3.05) is 11.9 Å². The Morgan fingerprint density at radius 2 is 2.15 bits per heavy atom. The van der Waals surface area contributed by atoms with Gasteiger partial charge in [-0.1, -0.05) is 0 Å². The van der Waals surface area contributed by atoms with E-state index in [1.54, 1.807) is 17.7 Å². The van der Waals surface area contributed by atoms with E-state index in [1.807, 2.05) is 19.4 Å². The summed E-state index contributed by atoms with van der Waals surface area (Å²) in [6.45, 7) is 7.27. The van der Waals surface area contributed by atoms with Gasteiger partial charge in [0, 0.05) is 62.2 Å². The molecule has 0 saturated carbocycles. The highest BCUT2D eigenvalue weighted by atomic mass is 16.6. The van der Waals surface area contributed by atoms with Gasteiger partial charge in [0.2, 0.25) is 5.91 Å². The van der Waals surface area contributed by atoms with Crippen LogP contribution in [-0.4, -0.2) is 38.1 Å². The number of anilines is 1. The van der Waals surface area contributed by atoms with Crippen molar-refractivity contribution in [1.82, 2.24) is 14.7 Å². The second kappa shape index (κ2) is 8.57. The molecule has 0 radical (unpaired) electrons. The highest BCUT2D eigenvalue weighted by molar-refractivity contribution is 5.91. The molecule has 26 heavy (non-hydrogen) atoms. The topological polar surface area (TPSA) is 93.3 Å². The first-order valence-corrected chi connectivity index (χ1v) is 8.52. The van der Waals surface area contributed by atoms with Gasteiger partial charge in [-0.2, -0.15) is 5.10 Å². The standard InChI is InChI=1S/C18H25N5O3/c1-13(2)22(12-15-10-19-21(4)11-15)8-7-18(24)20-17-6-5-16(23(25)26)9-14(17)3/h5-6,9-11,13H,7-8,12H2,1-4H3,(H,20,24). The Kier molecular flexibility index (Phi) is 6.46. The SMILES string of the molecule is Cc1cc([N+](=O)[O-])ccc1NC(=O)CCN(Cc1cnn(C)c1)C(C)C. The van der Waals surface area contributed by atoms with Crippen LogP contribution in [-0.2, 0) is 18.4 Å². The minimum absolute atomic E-state index is 0.0166. The van der Waals surface area contributed by atoms with E-state index in [9.17, 15) is 14.9 Å². The molecule has 2 rings (SSSR count). The summed E-state index contributed by atoms with van der Waals surface area (Å²) in [5, 5.41) is 17.8. The Morgan fingerprint density at radius 1 is 1.42 bits per heavy atom. The van der Waals surface area contributed by atoms with Crippen molar-refractivity contribution in [3.8, 4) is 0 Å². The molecule has 8 nitrogen and oxygen atoms in total. The molecule has 0 bridgehead atoms. The van der Waals surface area contributed by atoms with E-state index >= 15 is 0 Å². The number of hydrogen-bond acceptors (Lipinski definition) is 5. The van der Waals surface area contributed by atoms with E-state index < -0.39 is 4.92 Å².